The van der Waals surface area contributed by atoms with Crippen LogP contribution >= 0.6 is 11.3 Å². The molecule has 4 rings (SSSR count). The predicted molar refractivity (Wildman–Crippen MR) is 115 cm³/mol. The SMILES string of the molecule is CC.CCN(C)c1ncnc2sc3c(=O)n(-c4ccc(OC(F)F)cc4)cnc3c12. The Kier molecular flexibility index (Phi) is 6.56. The molecule has 1 aromatic carbocycles. The number of hydrogen-bond acceptors (Lipinski definition) is 7. The molecule has 158 valence electrons. The van der Waals surface area contributed by atoms with Crippen LogP contribution in [0.2, 0.25) is 0 Å². The van der Waals surface area contributed by atoms with Crippen LogP contribution < -0.4 is 15.2 Å². The van der Waals surface area contributed by atoms with E-state index < -0.39 is 6.61 Å². The smallest absolute Gasteiger partial charge is 0.387 e. The van der Waals surface area contributed by atoms with Gasteiger partial charge in [0.2, 0.25) is 0 Å². The minimum absolute atomic E-state index is 0.0187. The Balaban J connectivity index is 0.00000124. The topological polar surface area (TPSA) is 73.1 Å². The molecule has 0 radical (unpaired) electrons. The number of fused-ring (bicyclic) bond motifs is 3. The number of hydrogen-bond donors (Lipinski definition) is 0. The van der Waals surface area contributed by atoms with Crippen LogP contribution in [0, 0.1) is 0 Å². The largest absolute Gasteiger partial charge is 0.435 e. The quantitative estimate of drug-likeness (QED) is 0.462. The monoisotopic (exact) mass is 433 g/mol. The van der Waals surface area contributed by atoms with Gasteiger partial charge < -0.3 is 9.64 Å². The summed E-state index contributed by atoms with van der Waals surface area (Å²) in [6.45, 7) is 3.85. The number of halogens is 2. The van der Waals surface area contributed by atoms with Crippen molar-refractivity contribution < 1.29 is 13.5 Å². The number of nitrogens with zero attached hydrogens (tertiary/aromatic N) is 5. The highest BCUT2D eigenvalue weighted by Gasteiger charge is 2.18. The van der Waals surface area contributed by atoms with Crippen molar-refractivity contribution in [3.8, 4) is 11.4 Å². The second-order valence-electron chi connectivity index (χ2n) is 5.96. The van der Waals surface area contributed by atoms with Crippen LogP contribution in [0.15, 0.2) is 41.7 Å². The number of benzene rings is 1. The number of anilines is 1. The van der Waals surface area contributed by atoms with E-state index in [0.29, 0.717) is 20.7 Å². The van der Waals surface area contributed by atoms with Gasteiger partial charge in [0, 0.05) is 13.6 Å². The standard InChI is InChI=1S/C18H15F2N5O2S.C2H6/c1-3-24(2)15-12-13-14(28-16(12)22-8-21-15)17(26)25(9-23-13)10-4-6-11(7-5-10)27-18(19)20;1-2/h4-9,18H,3H2,1-2H3;1-2H3. The van der Waals surface area contributed by atoms with E-state index in [-0.39, 0.29) is 11.3 Å². The molecule has 0 aliphatic carbocycles. The molecule has 0 unspecified atom stereocenters. The molecule has 3 aromatic heterocycles. The summed E-state index contributed by atoms with van der Waals surface area (Å²) in [5, 5.41) is 0.747. The lowest BCUT2D eigenvalue weighted by Crippen LogP contribution is -2.19. The van der Waals surface area contributed by atoms with Crippen molar-refractivity contribution in [1.82, 2.24) is 19.5 Å². The Morgan fingerprint density at radius 2 is 1.87 bits per heavy atom. The molecule has 0 saturated heterocycles. The Morgan fingerprint density at radius 1 is 1.17 bits per heavy atom. The molecule has 0 fully saturated rings. The Morgan fingerprint density at radius 3 is 2.50 bits per heavy atom. The molecule has 0 amide bonds. The van der Waals surface area contributed by atoms with E-state index in [1.807, 2.05) is 32.7 Å². The number of alkyl halides is 2. The zero-order chi connectivity index (χ0) is 21.8. The van der Waals surface area contributed by atoms with E-state index in [4.69, 9.17) is 0 Å². The van der Waals surface area contributed by atoms with Crippen LogP contribution in [0.4, 0.5) is 14.6 Å². The molecule has 0 bridgehead atoms. The predicted octanol–water partition coefficient (Wildman–Crippen LogP) is 4.47. The molecule has 0 spiro atoms. The number of aromatic nitrogens is 4. The second-order valence-corrected chi connectivity index (χ2v) is 6.96. The van der Waals surface area contributed by atoms with Gasteiger partial charge >= 0.3 is 6.61 Å². The molecule has 0 aliphatic heterocycles. The summed E-state index contributed by atoms with van der Waals surface area (Å²) in [4.78, 5) is 28.8. The van der Waals surface area contributed by atoms with Crippen molar-refractivity contribution in [2.75, 3.05) is 18.5 Å². The normalized spacial score (nSPS) is 10.9. The summed E-state index contributed by atoms with van der Waals surface area (Å²) in [6, 6.07) is 5.80. The van der Waals surface area contributed by atoms with Crippen molar-refractivity contribution in [3.05, 3.63) is 47.3 Å². The first-order valence-electron chi connectivity index (χ1n) is 9.40. The molecular weight excluding hydrogens is 412 g/mol. The average Bonchev–Trinajstić information content (AvgIpc) is 3.15. The molecule has 7 nitrogen and oxygen atoms in total. The summed E-state index contributed by atoms with van der Waals surface area (Å²) in [7, 11) is 1.91. The van der Waals surface area contributed by atoms with Gasteiger partial charge in [0.1, 0.15) is 39.3 Å². The van der Waals surface area contributed by atoms with Gasteiger partial charge in [-0.15, -0.1) is 11.3 Å². The highest BCUT2D eigenvalue weighted by molar-refractivity contribution is 7.25. The fourth-order valence-corrected chi connectivity index (χ4v) is 3.88. The van der Waals surface area contributed by atoms with Crippen LogP contribution in [0.5, 0.6) is 5.75 Å². The molecule has 0 aliphatic rings. The maximum Gasteiger partial charge on any atom is 0.387 e. The maximum atomic E-state index is 13.0. The maximum absolute atomic E-state index is 13.0. The van der Waals surface area contributed by atoms with E-state index in [1.165, 1.54) is 52.8 Å². The minimum Gasteiger partial charge on any atom is -0.435 e. The van der Waals surface area contributed by atoms with Gasteiger partial charge in [0.05, 0.1) is 11.1 Å². The third-order valence-electron chi connectivity index (χ3n) is 4.33. The number of ether oxygens (including phenoxy) is 1. The third kappa shape index (κ3) is 3.95. The lowest BCUT2D eigenvalue weighted by molar-refractivity contribution is -0.0498. The number of thiophene rings is 1. The molecule has 0 saturated carbocycles. The summed E-state index contributed by atoms with van der Waals surface area (Å²) in [6.07, 6.45) is 2.89. The second kappa shape index (κ2) is 9.12. The van der Waals surface area contributed by atoms with Crippen molar-refractivity contribution in [2.45, 2.75) is 27.4 Å². The lowest BCUT2D eigenvalue weighted by Gasteiger charge is -2.15. The average molecular weight is 433 g/mol. The van der Waals surface area contributed by atoms with E-state index in [1.54, 1.807) is 0 Å². The van der Waals surface area contributed by atoms with Crippen LogP contribution in [0.1, 0.15) is 20.8 Å². The van der Waals surface area contributed by atoms with Gasteiger partial charge in [-0.25, -0.2) is 15.0 Å². The van der Waals surface area contributed by atoms with Gasteiger partial charge in [0.25, 0.3) is 5.56 Å². The van der Waals surface area contributed by atoms with Gasteiger partial charge in [0.15, 0.2) is 0 Å². The lowest BCUT2D eigenvalue weighted by atomic mass is 10.3. The third-order valence-corrected chi connectivity index (χ3v) is 5.41. The van der Waals surface area contributed by atoms with E-state index in [9.17, 15) is 13.6 Å². The summed E-state index contributed by atoms with van der Waals surface area (Å²) in [5.74, 6) is 0.738. The first-order chi connectivity index (χ1) is 14.5. The Labute approximate surface area is 175 Å². The van der Waals surface area contributed by atoms with Gasteiger partial charge in [-0.3, -0.25) is 9.36 Å². The van der Waals surface area contributed by atoms with E-state index >= 15 is 0 Å². The first kappa shape index (κ1) is 21.6. The van der Waals surface area contributed by atoms with E-state index in [2.05, 4.69) is 19.7 Å². The highest BCUT2D eigenvalue weighted by Crippen LogP contribution is 2.34. The van der Waals surface area contributed by atoms with Gasteiger partial charge in [-0.1, -0.05) is 13.8 Å². The highest BCUT2D eigenvalue weighted by atomic mass is 32.1. The zero-order valence-electron chi connectivity index (χ0n) is 17.0. The van der Waals surface area contributed by atoms with Crippen LogP contribution in [0.25, 0.3) is 26.1 Å². The zero-order valence-corrected chi connectivity index (χ0v) is 17.8. The Bertz CT molecular complexity index is 1210. The molecule has 3 heterocycles. The van der Waals surface area contributed by atoms with Crippen LogP contribution in [-0.2, 0) is 0 Å². The fraction of sp³-hybridized carbons (Fsp3) is 0.300. The van der Waals surface area contributed by atoms with Crippen LogP contribution in [0.3, 0.4) is 0 Å². The van der Waals surface area contributed by atoms with E-state index in [0.717, 1.165) is 17.7 Å². The summed E-state index contributed by atoms with van der Waals surface area (Å²) < 4.78 is 30.8. The van der Waals surface area contributed by atoms with Gasteiger partial charge in [-0.05, 0) is 31.2 Å². The van der Waals surface area contributed by atoms with Crippen molar-refractivity contribution in [2.24, 2.45) is 0 Å². The fourth-order valence-electron chi connectivity index (χ4n) is 2.86. The van der Waals surface area contributed by atoms with Crippen LogP contribution in [-0.4, -0.2) is 39.7 Å². The van der Waals surface area contributed by atoms with Crippen molar-refractivity contribution in [3.63, 3.8) is 0 Å². The van der Waals surface area contributed by atoms with Crippen molar-refractivity contribution >= 4 is 37.6 Å². The minimum atomic E-state index is -2.90. The molecule has 0 N–H and O–H groups in total. The number of rotatable bonds is 5. The molecule has 10 heteroatoms. The van der Waals surface area contributed by atoms with Crippen molar-refractivity contribution in [1.29, 1.82) is 0 Å². The summed E-state index contributed by atoms with van der Waals surface area (Å²) >= 11 is 1.25. The van der Waals surface area contributed by atoms with Gasteiger partial charge in [-0.2, -0.15) is 8.78 Å². The Hall–Kier alpha value is -3.14. The summed E-state index contributed by atoms with van der Waals surface area (Å²) in [5.41, 5.74) is 0.783. The molecular formula is C20H21F2N5O2S. The molecule has 30 heavy (non-hydrogen) atoms. The molecule has 4 aromatic rings. The first-order valence-corrected chi connectivity index (χ1v) is 10.2. The molecule has 0 atom stereocenters.